The van der Waals surface area contributed by atoms with Gasteiger partial charge < -0.3 is 44.5 Å². The molecule has 5 amide bonds. The summed E-state index contributed by atoms with van der Waals surface area (Å²) in [6.45, 7) is 11.0. The Hall–Kier alpha value is -7.45. The average molecular weight is 1450 g/mol. The molecule has 5 fully saturated rings. The molecule has 0 saturated heterocycles. The Labute approximate surface area is 594 Å². The van der Waals surface area contributed by atoms with Crippen LogP contribution >= 0.6 is 45.9 Å². The van der Waals surface area contributed by atoms with E-state index in [2.05, 4.69) is 43.1 Å². The van der Waals surface area contributed by atoms with Crippen molar-refractivity contribution in [1.29, 1.82) is 0 Å². The summed E-state index contributed by atoms with van der Waals surface area (Å²) in [7, 11) is 2.65. The molecule has 0 spiro atoms. The first-order chi connectivity index (χ1) is 47.2. The molecule has 99 heavy (non-hydrogen) atoms. The molecule has 2 aliphatic heterocycles. The smallest absolute Gasteiger partial charge is 0.330 e. The van der Waals surface area contributed by atoms with E-state index in [1.165, 1.54) is 29.8 Å². The number of nitrogens with zero attached hydrogens (tertiary/aromatic N) is 6. The van der Waals surface area contributed by atoms with Gasteiger partial charge in [-0.15, -0.1) is 22.7 Å². The fourth-order valence-corrected chi connectivity index (χ4v) is 17.8. The molecule has 5 aliphatic carbocycles. The zero-order valence-corrected chi connectivity index (χ0v) is 61.0. The Morgan fingerprint density at radius 3 is 1.47 bits per heavy atom. The van der Waals surface area contributed by atoms with Gasteiger partial charge in [0.05, 0.1) is 65.1 Å². The number of halogens is 2. The monoisotopic (exact) mass is 1450 g/mol. The summed E-state index contributed by atoms with van der Waals surface area (Å²) in [5.74, 6) is -4.18. The van der Waals surface area contributed by atoms with Gasteiger partial charge in [-0.1, -0.05) is 75.2 Å². The zero-order chi connectivity index (χ0) is 70.6. The molecule has 6 heterocycles. The number of ether oxygens (including phenoxy) is 4. The molecule has 13 rings (SSSR count). The van der Waals surface area contributed by atoms with Crippen molar-refractivity contribution < 1.29 is 61.2 Å². The maximum absolute atomic E-state index is 14.3. The van der Waals surface area contributed by atoms with E-state index in [-0.39, 0.29) is 61.2 Å². The maximum Gasteiger partial charge on any atom is 0.330 e. The van der Waals surface area contributed by atoms with Crippen LogP contribution in [0, 0.1) is 35.5 Å². The molecule has 0 unspecified atom stereocenters. The number of rotatable bonds is 14. The predicted octanol–water partition coefficient (Wildman–Crippen LogP) is 12.1. The van der Waals surface area contributed by atoms with Gasteiger partial charge >= 0.3 is 5.97 Å². The Balaban J connectivity index is 0.000000190. The topological polar surface area (TPSA) is 288 Å². The van der Waals surface area contributed by atoms with E-state index in [4.69, 9.17) is 62.1 Å². The number of methoxy groups -OCH3 is 2. The van der Waals surface area contributed by atoms with Crippen LogP contribution in [0.15, 0.2) is 71.5 Å². The zero-order valence-electron chi connectivity index (χ0n) is 57.0. The van der Waals surface area contributed by atoms with Gasteiger partial charge in [0.2, 0.25) is 33.7 Å². The number of nitrogens with one attached hydrogen (secondary N) is 3. The minimum absolute atomic E-state index is 0.132. The fraction of sp³-hybridized carbons (Fsp3) is 0.528. The molecule has 2 aromatic carbocycles. The number of thiazole rings is 2. The van der Waals surface area contributed by atoms with Gasteiger partial charge in [-0.25, -0.2) is 33.1 Å². The number of carboxylic acid groups (broad SMARTS) is 1. The second kappa shape index (κ2) is 28.5. The van der Waals surface area contributed by atoms with Gasteiger partial charge in [0.25, 0.3) is 5.91 Å². The molecule has 10 atom stereocenters. The molecule has 0 bridgehead atoms. The molecule has 4 N–H and O–H groups in total. The summed E-state index contributed by atoms with van der Waals surface area (Å²) in [5.41, 5.74) is 1.26. The Bertz CT molecular complexity index is 4350. The number of amides is 5. The number of carboxylic acids is 1. The van der Waals surface area contributed by atoms with Crippen molar-refractivity contribution in [2.24, 2.45) is 35.5 Å². The normalized spacial score (nSPS) is 27.6. The van der Waals surface area contributed by atoms with E-state index < -0.39 is 85.4 Å². The molecule has 0 radical (unpaired) electrons. The summed E-state index contributed by atoms with van der Waals surface area (Å²) < 4.78 is 51.8. The number of carbonyl (C=O) groups is 6. The first kappa shape index (κ1) is 71.4. The van der Waals surface area contributed by atoms with Crippen molar-refractivity contribution in [3.05, 3.63) is 92.9 Å². The first-order valence-corrected chi connectivity index (χ1v) is 38.0. The van der Waals surface area contributed by atoms with Crippen molar-refractivity contribution >= 4 is 113 Å². The summed E-state index contributed by atoms with van der Waals surface area (Å²) >= 11 is 16.5. The Morgan fingerprint density at radius 2 is 1.06 bits per heavy atom. The number of allylic oxidation sites excluding steroid dienone is 2. The predicted molar refractivity (Wildman–Crippen MR) is 380 cm³/mol. The third-order valence-corrected chi connectivity index (χ3v) is 25.4. The summed E-state index contributed by atoms with van der Waals surface area (Å²) in [5, 5.41) is 23.3. The highest BCUT2D eigenvalue weighted by molar-refractivity contribution is 7.91. The summed E-state index contributed by atoms with van der Waals surface area (Å²) in [6, 6.07) is 10.8. The number of sulfonamides is 1. The number of carbonyl (C=O) groups excluding carboxylic acids is 5. The number of benzene rings is 2. The lowest BCUT2D eigenvalue weighted by atomic mass is 9.93. The van der Waals surface area contributed by atoms with Gasteiger partial charge in [-0.05, 0) is 133 Å². The van der Waals surface area contributed by atoms with Crippen LogP contribution in [0.4, 0.5) is 0 Å². The van der Waals surface area contributed by atoms with Crippen LogP contribution in [-0.4, -0.2) is 148 Å². The highest BCUT2D eigenvalue weighted by atomic mass is 35.5. The third kappa shape index (κ3) is 14.5. The van der Waals surface area contributed by atoms with Crippen LogP contribution in [0.2, 0.25) is 10.0 Å². The van der Waals surface area contributed by atoms with Gasteiger partial charge in [0.15, 0.2) is 0 Å². The number of aliphatic carboxylic acids is 1. The lowest BCUT2D eigenvalue weighted by molar-refractivity contribution is -0.145. The van der Waals surface area contributed by atoms with E-state index in [1.54, 1.807) is 50.1 Å². The van der Waals surface area contributed by atoms with Crippen LogP contribution in [0.1, 0.15) is 148 Å². The number of hydrogen-bond acceptors (Lipinski definition) is 18. The molecule has 27 heteroatoms. The van der Waals surface area contributed by atoms with Crippen LogP contribution in [0.5, 0.6) is 23.0 Å². The van der Waals surface area contributed by atoms with Crippen LogP contribution in [0.25, 0.3) is 43.2 Å². The first-order valence-electron chi connectivity index (χ1n) is 34.1. The Kier molecular flexibility index (Phi) is 20.6. The fourth-order valence-electron chi connectivity index (χ4n) is 14.0. The van der Waals surface area contributed by atoms with Crippen LogP contribution in [-0.2, 0) is 38.8 Å². The lowest BCUT2D eigenvalue weighted by Crippen LogP contribution is -2.55. The van der Waals surface area contributed by atoms with Gasteiger partial charge in [0, 0.05) is 72.7 Å². The van der Waals surface area contributed by atoms with Gasteiger partial charge in [-0.2, -0.15) is 0 Å². The van der Waals surface area contributed by atoms with E-state index in [9.17, 15) is 42.3 Å². The van der Waals surface area contributed by atoms with Crippen LogP contribution in [0.3, 0.4) is 0 Å². The molecule has 4 aromatic heterocycles. The second-order valence-corrected chi connectivity index (χ2v) is 33.0. The molecular formula is C72H85Cl2N9O13S3. The number of pyridine rings is 2. The lowest BCUT2D eigenvalue weighted by Gasteiger charge is -2.27. The van der Waals surface area contributed by atoms with Crippen LogP contribution < -0.4 is 34.3 Å². The van der Waals surface area contributed by atoms with E-state index in [0.717, 1.165) is 54.9 Å². The van der Waals surface area contributed by atoms with E-state index in [0.29, 0.717) is 110 Å². The van der Waals surface area contributed by atoms with Gasteiger partial charge in [-0.3, -0.25) is 28.7 Å². The minimum atomic E-state index is -3.94. The van der Waals surface area contributed by atoms with Crippen molar-refractivity contribution in [2.45, 2.75) is 164 Å². The quantitative estimate of drug-likeness (QED) is 0.0737. The largest absolute Gasteiger partial charge is 0.495 e. The molecule has 5 saturated carbocycles. The number of hydrogen-bond donors (Lipinski definition) is 4. The minimum Gasteiger partial charge on any atom is -0.495 e. The average Bonchev–Trinajstić information content (AvgIpc) is 1.58. The van der Waals surface area contributed by atoms with Crippen molar-refractivity contribution in [3.63, 3.8) is 0 Å². The molecular weight excluding hydrogens is 1370 g/mol. The second-order valence-electron chi connectivity index (χ2n) is 28.4. The summed E-state index contributed by atoms with van der Waals surface area (Å²) in [6.07, 6.45) is 14.1. The van der Waals surface area contributed by atoms with Gasteiger partial charge in [0.1, 0.15) is 77.7 Å². The van der Waals surface area contributed by atoms with Crippen molar-refractivity contribution in [3.8, 4) is 44.4 Å². The van der Waals surface area contributed by atoms with Crippen molar-refractivity contribution in [2.75, 3.05) is 41.4 Å². The highest BCUT2D eigenvalue weighted by Gasteiger charge is 2.64. The maximum atomic E-state index is 14.3. The molecule has 7 aliphatic rings. The highest BCUT2D eigenvalue weighted by Crippen LogP contribution is 2.51. The van der Waals surface area contributed by atoms with Crippen molar-refractivity contribution in [1.82, 2.24) is 45.1 Å². The van der Waals surface area contributed by atoms with E-state index >= 15 is 0 Å². The molecule has 22 nitrogen and oxygen atoms in total. The summed E-state index contributed by atoms with van der Waals surface area (Å²) in [4.78, 5) is 105. The SMILES string of the molecule is COc1ccc2c(O[C@@H]3C[C@H]4C(=O)N[C@]5(C(=O)NS(=O)(=O)C6(C)CC6)C[C@H]5/C=C\CCCCN(C)C(=O)[C@@H]4C3)cc(-c3nc(C(C)C)cs3)nc2c1Cl.COc1ccc2c(O[C@@H]3C[C@H]4C(=O)N[C@]5(C(=O)O)C[C@H]5/C=C\CCCCN(C)C(=O)[C@@H]4C3)cc(-c3nc(C(C)C)cs3)nc2c1Cl. The molecule has 6 aromatic rings. The van der Waals surface area contributed by atoms with E-state index in [1.807, 2.05) is 59.3 Å². The Morgan fingerprint density at radius 1 is 0.636 bits per heavy atom. The standard InChI is InChI=1S/C38H46ClN5O7S2.C34H39ClN4O6S/c1-21(2)28-20-52-34(41-28)27-18-30(24-11-12-29(50-5)31(39)32(24)40-27)51-23-16-25-26(17-23)35(46)44(4)15-9-7-6-8-10-22-19-38(22,42-33(25)45)36(47)43-53(48,49)37(3)13-14-37;1-18(2)25-17-46-31(37-25)24-15-27(21-10-11-26(44-4)28(35)29(21)36-24)45-20-13-22-23(14-20)32(41)39(3)12-8-6-5-7-9-19-16-34(19,33(42)43)38-30(22)40/h8,10-12,18,20-23,25-26H,6-7,9,13-17,19H2,1-5H3,(H,42,45)(H,43,47);7,9-11,15,17-20,22-23H,5-6,8,12-14,16H2,1-4H3,(H,38,40)(H,42,43)/b10-8-;9-7-/t22-,23-,25-,26-,38-;19-,20-,22-,23-,34-/m11/s1. The molecule has 528 valence electrons. The number of fused-ring (bicyclic) bond motifs is 6. The number of aromatic nitrogens is 4. The third-order valence-electron chi connectivity index (χ3n) is 20.8.